The third kappa shape index (κ3) is 4.59. The summed E-state index contributed by atoms with van der Waals surface area (Å²) < 4.78 is 4.71. The van der Waals surface area contributed by atoms with Crippen molar-refractivity contribution in [3.8, 4) is 0 Å². The van der Waals surface area contributed by atoms with Crippen molar-refractivity contribution in [3.05, 3.63) is 59.7 Å². The predicted octanol–water partition coefficient (Wildman–Crippen LogP) is 3.65. The predicted molar refractivity (Wildman–Crippen MR) is 95.4 cm³/mol. The van der Waals surface area contributed by atoms with E-state index in [1.165, 1.54) is 12.7 Å². The van der Waals surface area contributed by atoms with Gasteiger partial charge >= 0.3 is 5.97 Å². The summed E-state index contributed by atoms with van der Waals surface area (Å²) in [4.78, 5) is 23.8. The van der Waals surface area contributed by atoms with Crippen LogP contribution in [0.5, 0.6) is 0 Å². The highest BCUT2D eigenvalue weighted by Crippen LogP contribution is 2.18. The Hall–Kier alpha value is -2.82. The third-order valence-corrected chi connectivity index (χ3v) is 3.64. The molecule has 0 atom stereocenters. The fraction of sp³-hybridized carbons (Fsp3) is 0.263. The molecule has 24 heavy (non-hydrogen) atoms. The van der Waals surface area contributed by atoms with Crippen molar-refractivity contribution in [2.45, 2.75) is 19.8 Å². The first-order valence-corrected chi connectivity index (χ1v) is 7.82. The second kappa shape index (κ2) is 8.15. The number of rotatable bonds is 6. The van der Waals surface area contributed by atoms with Crippen LogP contribution >= 0.6 is 0 Å². The van der Waals surface area contributed by atoms with Gasteiger partial charge in [0.25, 0.3) is 0 Å². The van der Waals surface area contributed by atoms with Gasteiger partial charge in [-0.3, -0.25) is 4.79 Å². The van der Waals surface area contributed by atoms with Crippen molar-refractivity contribution in [1.82, 2.24) is 0 Å². The summed E-state index contributed by atoms with van der Waals surface area (Å²) in [5.41, 5.74) is 2.88. The summed E-state index contributed by atoms with van der Waals surface area (Å²) >= 11 is 0. The number of amides is 1. The van der Waals surface area contributed by atoms with Crippen LogP contribution < -0.4 is 10.6 Å². The van der Waals surface area contributed by atoms with Crippen LogP contribution in [-0.4, -0.2) is 25.5 Å². The van der Waals surface area contributed by atoms with E-state index in [9.17, 15) is 9.59 Å². The zero-order valence-corrected chi connectivity index (χ0v) is 14.1. The fourth-order valence-electron chi connectivity index (χ4n) is 2.24. The molecule has 0 aliphatic rings. The monoisotopic (exact) mass is 326 g/mol. The molecule has 0 bridgehead atoms. The number of carbonyl (C=O) groups excluding carboxylic acids is 2. The Balaban J connectivity index is 1.95. The summed E-state index contributed by atoms with van der Waals surface area (Å²) in [6.45, 7) is 4.37. The number of para-hydroxylation sites is 1. The number of hydrogen-bond acceptors (Lipinski definition) is 4. The Bertz CT molecular complexity index is 709. The van der Waals surface area contributed by atoms with Gasteiger partial charge in [-0.25, -0.2) is 4.79 Å². The molecule has 0 fully saturated rings. The Kier molecular flexibility index (Phi) is 5.95. The molecule has 2 N–H and O–H groups in total. The molecule has 2 rings (SSSR count). The number of carbonyl (C=O) groups is 2. The maximum Gasteiger partial charge on any atom is 0.339 e. The van der Waals surface area contributed by atoms with Crippen LogP contribution in [0, 0.1) is 0 Å². The SMILES string of the molecule is COC(=O)c1ccccc1NC(=O)CNc1ccc(C(C)C)cc1. The van der Waals surface area contributed by atoms with Gasteiger partial charge in [0.15, 0.2) is 0 Å². The second-order valence-electron chi connectivity index (χ2n) is 5.72. The van der Waals surface area contributed by atoms with Crippen molar-refractivity contribution < 1.29 is 14.3 Å². The van der Waals surface area contributed by atoms with Gasteiger partial charge in [-0.05, 0) is 35.7 Å². The Morgan fingerprint density at radius 1 is 1.04 bits per heavy atom. The number of hydrogen-bond donors (Lipinski definition) is 2. The molecule has 0 saturated carbocycles. The average Bonchev–Trinajstić information content (AvgIpc) is 2.60. The number of benzene rings is 2. The Labute approximate surface area is 142 Å². The first-order chi connectivity index (χ1) is 11.5. The molecular formula is C19H22N2O3. The summed E-state index contributed by atoms with van der Waals surface area (Å²) in [5.74, 6) is -0.250. The lowest BCUT2D eigenvalue weighted by Gasteiger charge is -2.11. The number of nitrogens with one attached hydrogen (secondary N) is 2. The lowest BCUT2D eigenvalue weighted by Crippen LogP contribution is -2.23. The van der Waals surface area contributed by atoms with Gasteiger partial charge in [0.05, 0.1) is 24.9 Å². The van der Waals surface area contributed by atoms with Crippen LogP contribution in [0.4, 0.5) is 11.4 Å². The van der Waals surface area contributed by atoms with E-state index in [-0.39, 0.29) is 12.5 Å². The first kappa shape index (κ1) is 17.5. The van der Waals surface area contributed by atoms with E-state index >= 15 is 0 Å². The summed E-state index contributed by atoms with van der Waals surface area (Å²) in [6, 6.07) is 14.7. The molecule has 0 aliphatic heterocycles. The van der Waals surface area contributed by atoms with E-state index in [0.29, 0.717) is 17.2 Å². The molecule has 0 heterocycles. The first-order valence-electron chi connectivity index (χ1n) is 7.82. The topological polar surface area (TPSA) is 67.4 Å². The zero-order chi connectivity index (χ0) is 17.5. The van der Waals surface area contributed by atoms with Crippen LogP contribution in [0.25, 0.3) is 0 Å². The van der Waals surface area contributed by atoms with E-state index in [4.69, 9.17) is 4.74 Å². The van der Waals surface area contributed by atoms with E-state index < -0.39 is 5.97 Å². The molecule has 5 nitrogen and oxygen atoms in total. The zero-order valence-electron chi connectivity index (χ0n) is 14.1. The van der Waals surface area contributed by atoms with Gasteiger partial charge in [-0.15, -0.1) is 0 Å². The van der Waals surface area contributed by atoms with Crippen molar-refractivity contribution in [2.75, 3.05) is 24.3 Å². The van der Waals surface area contributed by atoms with Gasteiger partial charge in [-0.1, -0.05) is 38.1 Å². The van der Waals surface area contributed by atoms with Crippen LogP contribution in [0.15, 0.2) is 48.5 Å². The van der Waals surface area contributed by atoms with Gasteiger partial charge < -0.3 is 15.4 Å². The van der Waals surface area contributed by atoms with Crippen LogP contribution in [-0.2, 0) is 9.53 Å². The largest absolute Gasteiger partial charge is 0.465 e. The van der Waals surface area contributed by atoms with Crippen LogP contribution in [0.3, 0.4) is 0 Å². The quantitative estimate of drug-likeness (QED) is 0.795. The molecule has 126 valence electrons. The molecular weight excluding hydrogens is 304 g/mol. The van der Waals surface area contributed by atoms with Gasteiger partial charge in [0.2, 0.25) is 5.91 Å². The molecule has 5 heteroatoms. The smallest absolute Gasteiger partial charge is 0.339 e. The van der Waals surface area contributed by atoms with Crippen molar-refractivity contribution >= 4 is 23.3 Å². The molecule has 0 radical (unpaired) electrons. The molecule has 1 amide bonds. The molecule has 2 aromatic carbocycles. The van der Waals surface area contributed by atoms with Crippen molar-refractivity contribution in [1.29, 1.82) is 0 Å². The number of methoxy groups -OCH3 is 1. The van der Waals surface area contributed by atoms with E-state index in [2.05, 4.69) is 24.5 Å². The van der Waals surface area contributed by atoms with Crippen molar-refractivity contribution in [2.24, 2.45) is 0 Å². The van der Waals surface area contributed by atoms with E-state index in [1.807, 2.05) is 24.3 Å². The number of anilines is 2. The average molecular weight is 326 g/mol. The molecule has 0 saturated heterocycles. The molecule has 2 aromatic rings. The van der Waals surface area contributed by atoms with Crippen LogP contribution in [0.2, 0.25) is 0 Å². The molecule has 0 aliphatic carbocycles. The normalized spacial score (nSPS) is 10.3. The highest BCUT2D eigenvalue weighted by molar-refractivity contribution is 6.02. The highest BCUT2D eigenvalue weighted by atomic mass is 16.5. The van der Waals surface area contributed by atoms with Gasteiger partial charge in [0.1, 0.15) is 0 Å². The standard InChI is InChI=1S/C19H22N2O3/c1-13(2)14-8-10-15(11-9-14)20-12-18(22)21-17-7-5-4-6-16(17)19(23)24-3/h4-11,13,20H,12H2,1-3H3,(H,21,22). The maximum absolute atomic E-state index is 12.1. The minimum absolute atomic E-state index is 0.108. The Morgan fingerprint density at radius 2 is 1.71 bits per heavy atom. The van der Waals surface area contributed by atoms with Gasteiger partial charge in [0, 0.05) is 5.69 Å². The maximum atomic E-state index is 12.1. The van der Waals surface area contributed by atoms with E-state index in [1.54, 1.807) is 24.3 Å². The lowest BCUT2D eigenvalue weighted by atomic mass is 10.0. The molecule has 0 spiro atoms. The minimum atomic E-state index is -0.483. The van der Waals surface area contributed by atoms with Crippen molar-refractivity contribution in [3.63, 3.8) is 0 Å². The fourth-order valence-corrected chi connectivity index (χ4v) is 2.24. The summed E-state index contributed by atoms with van der Waals surface area (Å²) in [5, 5.41) is 5.79. The summed E-state index contributed by atoms with van der Waals surface area (Å²) in [6.07, 6.45) is 0. The third-order valence-electron chi connectivity index (χ3n) is 3.64. The molecule has 0 aromatic heterocycles. The highest BCUT2D eigenvalue weighted by Gasteiger charge is 2.13. The number of ether oxygens (including phenoxy) is 1. The Morgan fingerprint density at radius 3 is 2.33 bits per heavy atom. The lowest BCUT2D eigenvalue weighted by molar-refractivity contribution is -0.114. The van der Waals surface area contributed by atoms with E-state index in [0.717, 1.165) is 5.69 Å². The summed E-state index contributed by atoms with van der Waals surface area (Å²) in [7, 11) is 1.31. The van der Waals surface area contributed by atoms with Gasteiger partial charge in [-0.2, -0.15) is 0 Å². The van der Waals surface area contributed by atoms with Crippen LogP contribution in [0.1, 0.15) is 35.7 Å². The number of esters is 1. The molecule has 0 unspecified atom stereocenters. The second-order valence-corrected chi connectivity index (χ2v) is 5.72. The minimum Gasteiger partial charge on any atom is -0.465 e.